The molecule has 4 nitrogen and oxygen atoms in total. The topological polar surface area (TPSA) is 63.6 Å². The van der Waals surface area contributed by atoms with Crippen molar-refractivity contribution >= 4 is 19.8 Å². The molecule has 0 radical (unpaired) electrons. The van der Waals surface area contributed by atoms with Gasteiger partial charge in [0.2, 0.25) is 0 Å². The minimum Gasteiger partial charge on any atom is -0.243 e. The smallest absolute Gasteiger partial charge is 0.243 e. The molecule has 0 aromatic heterocycles. The highest BCUT2D eigenvalue weighted by atomic mass is 32.3. The number of allylic oxidation sites excluding steroid dienone is 2. The molecule has 2 unspecified atom stereocenters. The highest BCUT2D eigenvalue weighted by Crippen LogP contribution is 2.32. The van der Waals surface area contributed by atoms with Crippen LogP contribution in [0.4, 0.5) is 0 Å². The largest absolute Gasteiger partial charge is 0.290 e. The van der Waals surface area contributed by atoms with E-state index in [0.717, 1.165) is 17.5 Å². The van der Waals surface area contributed by atoms with Gasteiger partial charge in [-0.2, -0.15) is 8.42 Å². The maximum atomic E-state index is 14.0. The number of rotatable bonds is 4. The normalized spacial score (nSPS) is 19.8. The summed E-state index contributed by atoms with van der Waals surface area (Å²) in [6, 6.07) is 13.7. The summed E-state index contributed by atoms with van der Waals surface area (Å²) < 4.78 is 44.0. The zero-order chi connectivity index (χ0) is 19.7. The SMILES string of the molecule is CC1=CCC(S(=O)(=NS(=O)(=O)c2ccc(C)cc2)c2ccc(C)cc2)CC1. The van der Waals surface area contributed by atoms with Crippen LogP contribution < -0.4 is 0 Å². The Morgan fingerprint density at radius 2 is 1.33 bits per heavy atom. The van der Waals surface area contributed by atoms with Crippen molar-refractivity contribution in [1.29, 1.82) is 0 Å². The quantitative estimate of drug-likeness (QED) is 0.674. The van der Waals surface area contributed by atoms with Crippen molar-refractivity contribution in [3.63, 3.8) is 0 Å². The minimum atomic E-state index is -4.03. The van der Waals surface area contributed by atoms with Crippen LogP contribution in [-0.2, 0) is 19.8 Å². The molecule has 27 heavy (non-hydrogen) atoms. The van der Waals surface area contributed by atoms with E-state index < -0.39 is 19.8 Å². The van der Waals surface area contributed by atoms with E-state index in [9.17, 15) is 12.6 Å². The zero-order valence-electron chi connectivity index (χ0n) is 15.9. The number of benzene rings is 2. The fourth-order valence-electron chi connectivity index (χ4n) is 3.16. The average molecular weight is 404 g/mol. The predicted octanol–water partition coefficient (Wildman–Crippen LogP) is 5.02. The first kappa shape index (κ1) is 19.8. The summed E-state index contributed by atoms with van der Waals surface area (Å²) in [6.45, 7) is 5.88. The number of hydrogen-bond donors (Lipinski definition) is 0. The standard InChI is InChI=1S/C21H25NO3S2/c1-16-4-10-19(11-5-16)26(23,20-12-6-17(2)7-13-20)22-27(24,25)21-14-8-18(3)9-15-21/h4-6,8-11,14-15,20H,7,12-13H2,1-3H3. The van der Waals surface area contributed by atoms with Gasteiger partial charge < -0.3 is 0 Å². The predicted molar refractivity (Wildman–Crippen MR) is 110 cm³/mol. The molecular formula is C21H25NO3S2. The molecule has 2 aromatic carbocycles. The molecule has 0 fully saturated rings. The molecule has 0 saturated heterocycles. The van der Waals surface area contributed by atoms with Gasteiger partial charge in [0.1, 0.15) is 0 Å². The third kappa shape index (κ3) is 4.33. The molecule has 144 valence electrons. The van der Waals surface area contributed by atoms with Crippen LogP contribution in [0.1, 0.15) is 37.3 Å². The average Bonchev–Trinajstić information content (AvgIpc) is 2.62. The van der Waals surface area contributed by atoms with Crippen molar-refractivity contribution < 1.29 is 12.6 Å². The van der Waals surface area contributed by atoms with E-state index in [2.05, 4.69) is 9.84 Å². The Kier molecular flexibility index (Phi) is 5.58. The molecule has 0 bridgehead atoms. The van der Waals surface area contributed by atoms with E-state index in [1.807, 2.05) is 32.9 Å². The zero-order valence-corrected chi connectivity index (χ0v) is 17.5. The van der Waals surface area contributed by atoms with E-state index in [4.69, 9.17) is 0 Å². The lowest BCUT2D eigenvalue weighted by atomic mass is 10.0. The molecule has 0 saturated carbocycles. The molecule has 0 aliphatic heterocycles. The first-order chi connectivity index (χ1) is 12.7. The fraction of sp³-hybridized carbons (Fsp3) is 0.333. The third-order valence-electron chi connectivity index (χ3n) is 4.93. The molecule has 6 heteroatoms. The summed E-state index contributed by atoms with van der Waals surface area (Å²) in [7, 11) is -7.16. The van der Waals surface area contributed by atoms with Crippen LogP contribution in [0.3, 0.4) is 0 Å². The molecule has 1 aliphatic rings. The van der Waals surface area contributed by atoms with Gasteiger partial charge in [-0.1, -0.05) is 47.0 Å². The van der Waals surface area contributed by atoms with Crippen LogP contribution in [0, 0.1) is 13.8 Å². The third-order valence-corrected chi connectivity index (χ3v) is 9.75. The Balaban J connectivity index is 2.17. The highest BCUT2D eigenvalue weighted by molar-refractivity contribution is 8.03. The van der Waals surface area contributed by atoms with Gasteiger partial charge in [-0.25, -0.2) is 4.21 Å². The maximum absolute atomic E-state index is 14.0. The number of aryl methyl sites for hydroxylation is 2. The van der Waals surface area contributed by atoms with Crippen LogP contribution in [-0.4, -0.2) is 17.9 Å². The van der Waals surface area contributed by atoms with Crippen molar-refractivity contribution in [3.05, 3.63) is 71.3 Å². The van der Waals surface area contributed by atoms with Gasteiger partial charge in [0.05, 0.1) is 19.9 Å². The summed E-state index contributed by atoms with van der Waals surface area (Å²) in [5, 5.41) is -0.316. The Morgan fingerprint density at radius 3 is 1.81 bits per heavy atom. The summed E-state index contributed by atoms with van der Waals surface area (Å²) in [6.07, 6.45) is 4.11. The molecule has 0 heterocycles. The van der Waals surface area contributed by atoms with Gasteiger partial charge in [-0.15, -0.1) is 3.77 Å². The first-order valence-corrected chi connectivity index (χ1v) is 12.0. The number of nitrogens with zero attached hydrogens (tertiary/aromatic N) is 1. The summed E-state index contributed by atoms with van der Waals surface area (Å²) in [4.78, 5) is 0.567. The van der Waals surface area contributed by atoms with Crippen molar-refractivity contribution in [3.8, 4) is 0 Å². The molecule has 1 aliphatic carbocycles. The fourth-order valence-corrected chi connectivity index (χ4v) is 7.69. The highest BCUT2D eigenvalue weighted by Gasteiger charge is 2.30. The van der Waals surface area contributed by atoms with Gasteiger partial charge in [-0.05, 0) is 64.3 Å². The van der Waals surface area contributed by atoms with Gasteiger partial charge in [0.15, 0.2) is 0 Å². The van der Waals surface area contributed by atoms with Crippen LogP contribution in [0.25, 0.3) is 0 Å². The van der Waals surface area contributed by atoms with Crippen LogP contribution in [0.5, 0.6) is 0 Å². The van der Waals surface area contributed by atoms with Gasteiger partial charge in [-0.3, -0.25) is 0 Å². The molecule has 0 amide bonds. The van der Waals surface area contributed by atoms with Crippen molar-refractivity contribution in [2.45, 2.75) is 55.1 Å². The lowest BCUT2D eigenvalue weighted by Gasteiger charge is -2.24. The van der Waals surface area contributed by atoms with E-state index in [-0.39, 0.29) is 10.1 Å². The Bertz CT molecular complexity index is 1070. The van der Waals surface area contributed by atoms with Gasteiger partial charge in [0, 0.05) is 4.90 Å². The molecule has 3 rings (SSSR count). The molecule has 0 N–H and O–H groups in total. The molecular weight excluding hydrogens is 378 g/mol. The van der Waals surface area contributed by atoms with Crippen molar-refractivity contribution in [2.24, 2.45) is 3.77 Å². The number of sulfonamides is 1. The lowest BCUT2D eigenvalue weighted by Crippen LogP contribution is -2.24. The van der Waals surface area contributed by atoms with Crippen molar-refractivity contribution in [2.75, 3.05) is 0 Å². The second kappa shape index (κ2) is 7.60. The Labute approximate surface area is 162 Å². The van der Waals surface area contributed by atoms with Crippen molar-refractivity contribution in [1.82, 2.24) is 0 Å². The first-order valence-electron chi connectivity index (χ1n) is 9.02. The second-order valence-corrected chi connectivity index (χ2v) is 11.5. The maximum Gasteiger partial charge on any atom is 0.290 e. The van der Waals surface area contributed by atoms with Gasteiger partial charge in [0.25, 0.3) is 10.0 Å². The van der Waals surface area contributed by atoms with Crippen LogP contribution in [0.15, 0.2) is 73.7 Å². The monoisotopic (exact) mass is 403 g/mol. The minimum absolute atomic E-state index is 0.0791. The molecule has 2 aromatic rings. The Morgan fingerprint density at radius 1 is 0.815 bits per heavy atom. The Hall–Kier alpha value is -1.92. The van der Waals surface area contributed by atoms with Crippen LogP contribution in [0.2, 0.25) is 0 Å². The van der Waals surface area contributed by atoms with Crippen LogP contribution >= 0.6 is 0 Å². The van der Waals surface area contributed by atoms with E-state index in [1.165, 1.54) is 17.7 Å². The summed E-state index contributed by atoms with van der Waals surface area (Å²) in [5.74, 6) is 0. The van der Waals surface area contributed by atoms with E-state index in [0.29, 0.717) is 17.7 Å². The van der Waals surface area contributed by atoms with E-state index in [1.54, 1.807) is 24.3 Å². The van der Waals surface area contributed by atoms with E-state index >= 15 is 0 Å². The molecule has 2 atom stereocenters. The van der Waals surface area contributed by atoms with Gasteiger partial charge >= 0.3 is 0 Å². The summed E-state index contributed by atoms with van der Waals surface area (Å²) in [5.41, 5.74) is 3.24. The molecule has 0 spiro atoms. The second-order valence-electron chi connectivity index (χ2n) is 7.19. The lowest BCUT2D eigenvalue weighted by molar-refractivity contribution is 0.596. The summed E-state index contributed by atoms with van der Waals surface area (Å²) >= 11 is 0. The number of hydrogen-bond acceptors (Lipinski definition) is 3.